The normalized spacial score (nSPS) is 25.1. The molecule has 1 aliphatic carbocycles. The second-order valence-electron chi connectivity index (χ2n) is 5.70. The Balaban J connectivity index is 2.02. The first-order chi connectivity index (χ1) is 8.99. The molecule has 2 rings (SSSR count). The molecular weight excluding hydrogens is 256 g/mol. The first-order valence-corrected chi connectivity index (χ1v) is 7.89. The zero-order valence-corrected chi connectivity index (χ0v) is 12.9. The van der Waals surface area contributed by atoms with E-state index in [-0.39, 0.29) is 23.9 Å². The average Bonchev–Trinajstić information content (AvgIpc) is 2.83. The molecule has 0 radical (unpaired) electrons. The summed E-state index contributed by atoms with van der Waals surface area (Å²) in [5.74, 6) is 0.381. The summed E-state index contributed by atoms with van der Waals surface area (Å²) < 4.78 is 0. The van der Waals surface area contributed by atoms with Crippen molar-refractivity contribution in [1.82, 2.24) is 4.90 Å². The molecule has 1 saturated carbocycles. The lowest BCUT2D eigenvalue weighted by atomic mass is 9.85. The van der Waals surface area contributed by atoms with Gasteiger partial charge in [0.25, 0.3) is 0 Å². The van der Waals surface area contributed by atoms with E-state index in [2.05, 4.69) is 26.0 Å². The molecule has 1 heterocycles. The molecule has 1 amide bonds. The molecule has 0 bridgehead atoms. The van der Waals surface area contributed by atoms with Gasteiger partial charge in [-0.3, -0.25) is 4.79 Å². The summed E-state index contributed by atoms with van der Waals surface area (Å²) in [6.07, 6.45) is 3.98. The number of nitrogens with zero attached hydrogens (tertiary/aromatic N) is 1. The van der Waals surface area contributed by atoms with Crippen molar-refractivity contribution in [2.24, 2.45) is 11.7 Å². The third kappa shape index (κ3) is 3.37. The van der Waals surface area contributed by atoms with Gasteiger partial charge >= 0.3 is 0 Å². The molecule has 3 unspecified atom stereocenters. The van der Waals surface area contributed by atoms with Crippen molar-refractivity contribution in [1.29, 1.82) is 0 Å². The Morgan fingerprint density at radius 1 is 1.47 bits per heavy atom. The van der Waals surface area contributed by atoms with E-state index in [4.69, 9.17) is 5.73 Å². The largest absolute Gasteiger partial charge is 0.338 e. The van der Waals surface area contributed by atoms with Gasteiger partial charge in [0, 0.05) is 28.8 Å². The van der Waals surface area contributed by atoms with E-state index in [1.807, 2.05) is 11.9 Å². The topological polar surface area (TPSA) is 46.3 Å². The van der Waals surface area contributed by atoms with Crippen LogP contribution >= 0.6 is 11.3 Å². The van der Waals surface area contributed by atoms with Crippen molar-refractivity contribution >= 4 is 17.2 Å². The van der Waals surface area contributed by atoms with Crippen LogP contribution in [-0.4, -0.2) is 23.9 Å². The standard InChI is InChI=1S/C15H24N2OS/c1-10-7-8-14(19-10)11(2)17(3)15(18)12-5-4-6-13(16)9-12/h7-8,11-13H,4-6,9,16H2,1-3H3. The minimum atomic E-state index is 0.122. The molecule has 0 aromatic carbocycles. The van der Waals surface area contributed by atoms with Crippen LogP contribution in [0.2, 0.25) is 0 Å². The molecule has 1 fully saturated rings. The lowest BCUT2D eigenvalue weighted by Crippen LogP contribution is -2.39. The molecule has 19 heavy (non-hydrogen) atoms. The Bertz CT molecular complexity index is 443. The molecule has 106 valence electrons. The number of carbonyl (C=O) groups excluding carboxylic acids is 1. The zero-order valence-electron chi connectivity index (χ0n) is 12.1. The average molecular weight is 280 g/mol. The Morgan fingerprint density at radius 3 is 2.79 bits per heavy atom. The summed E-state index contributed by atoms with van der Waals surface area (Å²) in [4.78, 5) is 17.0. The number of aryl methyl sites for hydroxylation is 1. The maximum atomic E-state index is 12.5. The number of thiophene rings is 1. The number of nitrogens with two attached hydrogens (primary N) is 1. The van der Waals surface area contributed by atoms with Crippen LogP contribution in [0, 0.1) is 12.8 Å². The molecule has 3 atom stereocenters. The van der Waals surface area contributed by atoms with Crippen LogP contribution in [0.25, 0.3) is 0 Å². The smallest absolute Gasteiger partial charge is 0.226 e. The lowest BCUT2D eigenvalue weighted by molar-refractivity contribution is -0.137. The Hall–Kier alpha value is -0.870. The maximum Gasteiger partial charge on any atom is 0.226 e. The van der Waals surface area contributed by atoms with E-state index in [1.165, 1.54) is 9.75 Å². The van der Waals surface area contributed by atoms with E-state index in [0.29, 0.717) is 0 Å². The van der Waals surface area contributed by atoms with Gasteiger partial charge in [0.1, 0.15) is 0 Å². The number of rotatable bonds is 3. The SMILES string of the molecule is Cc1ccc(C(C)N(C)C(=O)C2CCCC(N)C2)s1. The van der Waals surface area contributed by atoms with Crippen molar-refractivity contribution in [2.45, 2.75) is 51.6 Å². The van der Waals surface area contributed by atoms with Gasteiger partial charge in [0.2, 0.25) is 5.91 Å². The van der Waals surface area contributed by atoms with E-state index < -0.39 is 0 Å². The fourth-order valence-corrected chi connectivity index (χ4v) is 3.77. The van der Waals surface area contributed by atoms with Gasteiger partial charge in [0.15, 0.2) is 0 Å². The van der Waals surface area contributed by atoms with Crippen molar-refractivity contribution in [2.75, 3.05) is 7.05 Å². The molecule has 2 N–H and O–H groups in total. The van der Waals surface area contributed by atoms with E-state index in [1.54, 1.807) is 11.3 Å². The second kappa shape index (κ2) is 6.06. The van der Waals surface area contributed by atoms with Gasteiger partial charge in [-0.05, 0) is 45.2 Å². The Labute approximate surface area is 119 Å². The molecule has 0 spiro atoms. The molecule has 1 aromatic rings. The van der Waals surface area contributed by atoms with Crippen molar-refractivity contribution in [3.05, 3.63) is 21.9 Å². The van der Waals surface area contributed by atoms with Crippen molar-refractivity contribution < 1.29 is 4.79 Å². The minimum Gasteiger partial charge on any atom is -0.338 e. The van der Waals surface area contributed by atoms with Gasteiger partial charge in [0.05, 0.1) is 6.04 Å². The summed E-state index contributed by atoms with van der Waals surface area (Å²) in [7, 11) is 1.92. The zero-order chi connectivity index (χ0) is 14.0. The van der Waals surface area contributed by atoms with Crippen LogP contribution in [0.5, 0.6) is 0 Å². The van der Waals surface area contributed by atoms with Gasteiger partial charge in [-0.2, -0.15) is 0 Å². The predicted octanol–water partition coefficient (Wildman–Crippen LogP) is 3.09. The van der Waals surface area contributed by atoms with Gasteiger partial charge < -0.3 is 10.6 Å². The van der Waals surface area contributed by atoms with Gasteiger partial charge in [-0.25, -0.2) is 0 Å². The summed E-state index contributed by atoms with van der Waals surface area (Å²) >= 11 is 1.77. The highest BCUT2D eigenvalue weighted by molar-refractivity contribution is 7.12. The molecule has 1 aromatic heterocycles. The molecule has 1 aliphatic rings. The summed E-state index contributed by atoms with van der Waals surface area (Å²) in [5, 5.41) is 0. The van der Waals surface area contributed by atoms with Crippen LogP contribution in [0.3, 0.4) is 0 Å². The first kappa shape index (κ1) is 14.5. The minimum absolute atomic E-state index is 0.122. The highest BCUT2D eigenvalue weighted by Gasteiger charge is 2.29. The number of hydrogen-bond acceptors (Lipinski definition) is 3. The van der Waals surface area contributed by atoms with E-state index >= 15 is 0 Å². The molecule has 3 nitrogen and oxygen atoms in total. The summed E-state index contributed by atoms with van der Waals surface area (Å²) in [6.45, 7) is 4.20. The van der Waals surface area contributed by atoms with Crippen LogP contribution in [-0.2, 0) is 4.79 Å². The van der Waals surface area contributed by atoms with Gasteiger partial charge in [-0.15, -0.1) is 11.3 Å². The lowest BCUT2D eigenvalue weighted by Gasteiger charge is -2.32. The Kier molecular flexibility index (Phi) is 4.63. The molecule has 0 aliphatic heterocycles. The van der Waals surface area contributed by atoms with Crippen LogP contribution in [0.1, 0.15) is 48.4 Å². The van der Waals surface area contributed by atoms with E-state index in [0.717, 1.165) is 25.7 Å². The number of hydrogen-bond donors (Lipinski definition) is 1. The van der Waals surface area contributed by atoms with Crippen LogP contribution in [0.15, 0.2) is 12.1 Å². The van der Waals surface area contributed by atoms with E-state index in [9.17, 15) is 4.79 Å². The Morgan fingerprint density at radius 2 is 2.21 bits per heavy atom. The van der Waals surface area contributed by atoms with Crippen molar-refractivity contribution in [3.63, 3.8) is 0 Å². The third-order valence-corrected chi connectivity index (χ3v) is 5.34. The fourth-order valence-electron chi connectivity index (χ4n) is 2.80. The molecule has 0 saturated heterocycles. The fraction of sp³-hybridized carbons (Fsp3) is 0.667. The predicted molar refractivity (Wildman–Crippen MR) is 80.2 cm³/mol. The maximum absolute atomic E-state index is 12.5. The highest BCUT2D eigenvalue weighted by Crippen LogP contribution is 2.30. The number of carbonyl (C=O) groups is 1. The highest BCUT2D eigenvalue weighted by atomic mass is 32.1. The summed E-state index contributed by atoms with van der Waals surface area (Å²) in [5.41, 5.74) is 5.98. The van der Waals surface area contributed by atoms with Crippen molar-refractivity contribution in [3.8, 4) is 0 Å². The summed E-state index contributed by atoms with van der Waals surface area (Å²) in [6, 6.07) is 4.60. The second-order valence-corrected chi connectivity index (χ2v) is 7.02. The molecular formula is C15H24N2OS. The number of amides is 1. The quantitative estimate of drug-likeness (QED) is 0.925. The van der Waals surface area contributed by atoms with Crippen LogP contribution < -0.4 is 5.73 Å². The first-order valence-electron chi connectivity index (χ1n) is 7.07. The van der Waals surface area contributed by atoms with Crippen LogP contribution in [0.4, 0.5) is 0 Å². The van der Waals surface area contributed by atoms with Gasteiger partial charge in [-0.1, -0.05) is 6.42 Å². The molecule has 4 heteroatoms. The monoisotopic (exact) mass is 280 g/mol. The third-order valence-electron chi connectivity index (χ3n) is 4.17.